The zero-order valence-electron chi connectivity index (χ0n) is 13.0. The molecule has 0 spiro atoms. The molecule has 0 unspecified atom stereocenters. The van der Waals surface area contributed by atoms with Crippen LogP contribution in [-0.2, 0) is 20.2 Å². The molecule has 1 N–H and O–H groups in total. The first-order valence-electron chi connectivity index (χ1n) is 6.98. The van der Waals surface area contributed by atoms with Crippen molar-refractivity contribution in [2.24, 2.45) is 7.05 Å². The fourth-order valence-electron chi connectivity index (χ4n) is 1.83. The summed E-state index contributed by atoms with van der Waals surface area (Å²) in [7, 11) is 1.90. The van der Waals surface area contributed by atoms with E-state index in [9.17, 15) is 0 Å². The van der Waals surface area contributed by atoms with E-state index in [0.717, 1.165) is 22.5 Å². The Kier molecular flexibility index (Phi) is 5.06. The molecule has 0 aliphatic carbocycles. The number of aryl methyl sites for hydroxylation is 1. The van der Waals surface area contributed by atoms with Crippen molar-refractivity contribution in [2.75, 3.05) is 0 Å². The maximum atomic E-state index is 5.79. The van der Waals surface area contributed by atoms with E-state index >= 15 is 0 Å². The Balaban J connectivity index is 1.95. The van der Waals surface area contributed by atoms with Gasteiger partial charge in [-0.2, -0.15) is 5.10 Å². The number of halogens is 1. The van der Waals surface area contributed by atoms with Crippen molar-refractivity contribution in [3.63, 3.8) is 0 Å². The third-order valence-electron chi connectivity index (χ3n) is 2.96. The molecular weight excluding hydrogens is 330 g/mol. The molecule has 0 aliphatic heterocycles. The van der Waals surface area contributed by atoms with Gasteiger partial charge in [0.05, 0.1) is 10.2 Å². The van der Waals surface area contributed by atoms with Crippen LogP contribution in [0.2, 0.25) is 0 Å². The fourth-order valence-corrected chi connectivity index (χ4v) is 2.37. The molecule has 1 aromatic heterocycles. The van der Waals surface area contributed by atoms with Gasteiger partial charge in [-0.1, -0.05) is 6.07 Å². The molecule has 0 fully saturated rings. The number of aromatic nitrogens is 2. The van der Waals surface area contributed by atoms with E-state index in [0.29, 0.717) is 6.61 Å². The van der Waals surface area contributed by atoms with E-state index in [1.54, 1.807) is 4.68 Å². The minimum Gasteiger partial charge on any atom is -0.486 e. The second-order valence-corrected chi connectivity index (χ2v) is 6.99. The Labute approximate surface area is 134 Å². The summed E-state index contributed by atoms with van der Waals surface area (Å²) < 4.78 is 8.53. The van der Waals surface area contributed by atoms with E-state index in [2.05, 4.69) is 59.2 Å². The van der Waals surface area contributed by atoms with E-state index in [1.165, 1.54) is 5.56 Å². The van der Waals surface area contributed by atoms with Crippen LogP contribution in [-0.4, -0.2) is 15.3 Å². The lowest BCUT2D eigenvalue weighted by Gasteiger charge is -2.20. The van der Waals surface area contributed by atoms with Gasteiger partial charge in [0.25, 0.3) is 0 Å². The van der Waals surface area contributed by atoms with Crippen molar-refractivity contribution in [3.8, 4) is 5.75 Å². The van der Waals surface area contributed by atoms with Gasteiger partial charge in [0.2, 0.25) is 0 Å². The second-order valence-electron chi connectivity index (χ2n) is 6.14. The standard InChI is InChI=1S/C16H22BrN3O/c1-16(2,3)18-10-12-5-6-15(14(17)9-12)21-11-13-7-8-20(4)19-13/h5-9,18H,10-11H2,1-4H3. The van der Waals surface area contributed by atoms with Crippen LogP contribution in [0.15, 0.2) is 34.9 Å². The van der Waals surface area contributed by atoms with Crippen molar-refractivity contribution in [3.05, 3.63) is 46.2 Å². The van der Waals surface area contributed by atoms with Crippen molar-refractivity contribution < 1.29 is 4.74 Å². The molecule has 2 rings (SSSR count). The monoisotopic (exact) mass is 351 g/mol. The summed E-state index contributed by atoms with van der Waals surface area (Å²) in [5.74, 6) is 0.833. The summed E-state index contributed by atoms with van der Waals surface area (Å²) in [6.07, 6.45) is 1.91. The van der Waals surface area contributed by atoms with Gasteiger partial charge in [-0.05, 0) is 60.5 Å². The Bertz CT molecular complexity index is 602. The first-order chi connectivity index (χ1) is 9.83. The maximum Gasteiger partial charge on any atom is 0.134 e. The van der Waals surface area contributed by atoms with Crippen LogP contribution in [0.3, 0.4) is 0 Å². The fraction of sp³-hybridized carbons (Fsp3) is 0.438. The van der Waals surface area contributed by atoms with Crippen LogP contribution in [0.1, 0.15) is 32.0 Å². The Morgan fingerprint density at radius 1 is 1.29 bits per heavy atom. The highest BCUT2D eigenvalue weighted by Crippen LogP contribution is 2.27. The van der Waals surface area contributed by atoms with E-state index in [4.69, 9.17) is 4.74 Å². The highest BCUT2D eigenvalue weighted by molar-refractivity contribution is 9.10. The Hall–Kier alpha value is -1.33. The van der Waals surface area contributed by atoms with Crippen LogP contribution >= 0.6 is 15.9 Å². The molecule has 0 atom stereocenters. The van der Waals surface area contributed by atoms with Crippen molar-refractivity contribution in [1.82, 2.24) is 15.1 Å². The third-order valence-corrected chi connectivity index (χ3v) is 3.58. The SMILES string of the molecule is Cn1ccc(COc2ccc(CNC(C)(C)C)cc2Br)n1. The van der Waals surface area contributed by atoms with Gasteiger partial charge in [0.1, 0.15) is 12.4 Å². The number of ether oxygens (including phenoxy) is 1. The van der Waals surface area contributed by atoms with Gasteiger partial charge in [-0.25, -0.2) is 0 Å². The van der Waals surface area contributed by atoms with Gasteiger partial charge < -0.3 is 10.1 Å². The Morgan fingerprint density at radius 2 is 2.05 bits per heavy atom. The van der Waals surface area contributed by atoms with Gasteiger partial charge >= 0.3 is 0 Å². The summed E-state index contributed by atoms with van der Waals surface area (Å²) in [5.41, 5.74) is 2.26. The summed E-state index contributed by atoms with van der Waals surface area (Å²) >= 11 is 3.57. The van der Waals surface area contributed by atoms with Gasteiger partial charge in [0.15, 0.2) is 0 Å². The quantitative estimate of drug-likeness (QED) is 0.893. The highest BCUT2D eigenvalue weighted by atomic mass is 79.9. The lowest BCUT2D eigenvalue weighted by atomic mass is 10.1. The van der Waals surface area contributed by atoms with Gasteiger partial charge in [0, 0.05) is 25.3 Å². The minimum absolute atomic E-state index is 0.112. The number of benzene rings is 1. The minimum atomic E-state index is 0.112. The number of nitrogens with one attached hydrogen (secondary N) is 1. The summed E-state index contributed by atoms with van der Waals surface area (Å²) in [6, 6.07) is 8.12. The third kappa shape index (κ3) is 5.17. The smallest absolute Gasteiger partial charge is 0.134 e. The van der Waals surface area contributed by atoms with Crippen molar-refractivity contribution in [2.45, 2.75) is 39.5 Å². The van der Waals surface area contributed by atoms with E-state index in [1.807, 2.05) is 25.4 Å². The molecule has 1 aromatic carbocycles. The first-order valence-corrected chi connectivity index (χ1v) is 7.77. The molecule has 0 aliphatic rings. The van der Waals surface area contributed by atoms with E-state index in [-0.39, 0.29) is 5.54 Å². The predicted octanol–water partition coefficient (Wildman–Crippen LogP) is 3.65. The van der Waals surface area contributed by atoms with Crippen LogP contribution in [0.25, 0.3) is 0 Å². The maximum absolute atomic E-state index is 5.79. The lowest BCUT2D eigenvalue weighted by Crippen LogP contribution is -2.35. The average Bonchev–Trinajstić information content (AvgIpc) is 2.80. The summed E-state index contributed by atoms with van der Waals surface area (Å²) in [4.78, 5) is 0. The molecule has 0 saturated carbocycles. The second kappa shape index (κ2) is 6.62. The molecule has 114 valence electrons. The highest BCUT2D eigenvalue weighted by Gasteiger charge is 2.10. The molecular formula is C16H22BrN3O. The number of hydrogen-bond acceptors (Lipinski definition) is 3. The van der Waals surface area contributed by atoms with Gasteiger partial charge in [-0.15, -0.1) is 0 Å². The normalized spacial score (nSPS) is 11.7. The van der Waals surface area contributed by atoms with E-state index < -0.39 is 0 Å². The molecule has 1 heterocycles. The average molecular weight is 352 g/mol. The van der Waals surface area contributed by atoms with Crippen molar-refractivity contribution >= 4 is 15.9 Å². The molecule has 0 amide bonds. The first kappa shape index (κ1) is 16.0. The predicted molar refractivity (Wildman–Crippen MR) is 88.3 cm³/mol. The molecule has 4 nitrogen and oxygen atoms in total. The van der Waals surface area contributed by atoms with Crippen LogP contribution < -0.4 is 10.1 Å². The van der Waals surface area contributed by atoms with Crippen molar-refractivity contribution in [1.29, 1.82) is 0 Å². The zero-order valence-corrected chi connectivity index (χ0v) is 14.6. The molecule has 0 saturated heterocycles. The topological polar surface area (TPSA) is 39.1 Å². The lowest BCUT2D eigenvalue weighted by molar-refractivity contribution is 0.298. The van der Waals surface area contributed by atoms with Gasteiger partial charge in [-0.3, -0.25) is 4.68 Å². The summed E-state index contributed by atoms with van der Waals surface area (Å²) in [5, 5.41) is 7.77. The molecule has 21 heavy (non-hydrogen) atoms. The zero-order chi connectivity index (χ0) is 15.5. The van der Waals surface area contributed by atoms with Crippen LogP contribution in [0.5, 0.6) is 5.75 Å². The molecule has 0 radical (unpaired) electrons. The van der Waals surface area contributed by atoms with Crippen LogP contribution in [0.4, 0.5) is 0 Å². The largest absolute Gasteiger partial charge is 0.486 e. The molecule has 5 heteroatoms. The van der Waals surface area contributed by atoms with Crippen LogP contribution in [0, 0.1) is 0 Å². The number of hydrogen-bond donors (Lipinski definition) is 1. The Morgan fingerprint density at radius 3 is 2.62 bits per heavy atom. The molecule has 2 aromatic rings. The summed E-state index contributed by atoms with van der Waals surface area (Å²) in [6.45, 7) is 7.78. The number of rotatable bonds is 5. The molecule has 0 bridgehead atoms. The number of nitrogens with zero attached hydrogens (tertiary/aromatic N) is 2.